The summed E-state index contributed by atoms with van der Waals surface area (Å²) in [6.45, 7) is 5.72. The number of piperidine rings is 1. The van der Waals surface area contributed by atoms with E-state index in [2.05, 4.69) is 30.3 Å². The van der Waals surface area contributed by atoms with Crippen molar-refractivity contribution in [2.75, 3.05) is 20.1 Å². The van der Waals surface area contributed by atoms with Crippen molar-refractivity contribution in [1.82, 2.24) is 10.2 Å². The van der Waals surface area contributed by atoms with Gasteiger partial charge in [0.15, 0.2) is 0 Å². The molecule has 0 spiro atoms. The molecule has 0 aromatic carbocycles. The van der Waals surface area contributed by atoms with Gasteiger partial charge in [-0.2, -0.15) is 0 Å². The maximum Gasteiger partial charge on any atom is 0.0931 e. The van der Waals surface area contributed by atoms with Crippen LogP contribution in [-0.4, -0.2) is 31.1 Å². The molecule has 2 unspecified atom stereocenters. The second-order valence-electron chi connectivity index (χ2n) is 5.04. The smallest absolute Gasteiger partial charge is 0.0931 e. The lowest BCUT2D eigenvalue weighted by molar-refractivity contribution is 0.178. The third-order valence-electron chi connectivity index (χ3n) is 3.60. The fourth-order valence-corrected chi connectivity index (χ4v) is 3.53. The van der Waals surface area contributed by atoms with Gasteiger partial charge in [-0.05, 0) is 51.4 Å². The highest BCUT2D eigenvalue weighted by molar-refractivity contribution is 7.16. The van der Waals surface area contributed by atoms with Crippen molar-refractivity contribution in [1.29, 1.82) is 0 Å². The lowest BCUT2D eigenvalue weighted by atomic mass is 9.92. The summed E-state index contributed by atoms with van der Waals surface area (Å²) in [6.07, 6.45) is 2.68. The van der Waals surface area contributed by atoms with Crippen molar-refractivity contribution >= 4 is 22.9 Å². The topological polar surface area (TPSA) is 15.3 Å². The minimum absolute atomic E-state index is 0.582. The van der Waals surface area contributed by atoms with Gasteiger partial charge in [-0.3, -0.25) is 0 Å². The zero-order chi connectivity index (χ0) is 12.3. The first-order valence-corrected chi connectivity index (χ1v) is 7.51. The Hall–Kier alpha value is -0.0900. The average Bonchev–Trinajstić information content (AvgIpc) is 2.72. The molecule has 2 heterocycles. The largest absolute Gasteiger partial charge is 0.309 e. The van der Waals surface area contributed by atoms with E-state index in [1.807, 2.05) is 6.07 Å². The van der Waals surface area contributed by atoms with Crippen molar-refractivity contribution in [2.24, 2.45) is 5.92 Å². The predicted octanol–water partition coefficient (Wildman–Crippen LogP) is 3.22. The summed E-state index contributed by atoms with van der Waals surface area (Å²) in [5, 5.41) is 3.63. The van der Waals surface area contributed by atoms with Gasteiger partial charge in [-0.25, -0.2) is 0 Å². The van der Waals surface area contributed by atoms with Crippen LogP contribution >= 0.6 is 22.9 Å². The van der Waals surface area contributed by atoms with Crippen molar-refractivity contribution < 1.29 is 0 Å². The second-order valence-corrected chi connectivity index (χ2v) is 6.84. The van der Waals surface area contributed by atoms with Gasteiger partial charge in [0.25, 0.3) is 0 Å². The Morgan fingerprint density at radius 2 is 2.41 bits per heavy atom. The van der Waals surface area contributed by atoms with E-state index in [4.69, 9.17) is 11.6 Å². The Morgan fingerprint density at radius 1 is 1.59 bits per heavy atom. The minimum Gasteiger partial charge on any atom is -0.309 e. The first-order chi connectivity index (χ1) is 8.15. The molecule has 4 heteroatoms. The summed E-state index contributed by atoms with van der Waals surface area (Å²) in [7, 11) is 2.22. The normalized spacial score (nSPS) is 23.8. The Kier molecular flexibility index (Phi) is 4.86. The molecule has 17 heavy (non-hydrogen) atoms. The van der Waals surface area contributed by atoms with Crippen molar-refractivity contribution in [3.8, 4) is 0 Å². The van der Waals surface area contributed by atoms with Gasteiger partial charge in [0.05, 0.1) is 4.34 Å². The number of hydrogen-bond acceptors (Lipinski definition) is 3. The maximum atomic E-state index is 5.93. The average molecular weight is 273 g/mol. The van der Waals surface area contributed by atoms with Crippen LogP contribution in [-0.2, 0) is 6.54 Å². The van der Waals surface area contributed by atoms with Crippen LogP contribution in [0.2, 0.25) is 4.34 Å². The van der Waals surface area contributed by atoms with Crippen molar-refractivity contribution in [3.05, 3.63) is 21.3 Å². The van der Waals surface area contributed by atoms with Crippen LogP contribution in [0.5, 0.6) is 0 Å². The van der Waals surface area contributed by atoms with Crippen LogP contribution in [0.15, 0.2) is 12.1 Å². The van der Waals surface area contributed by atoms with Gasteiger partial charge in [-0.1, -0.05) is 11.6 Å². The fourth-order valence-electron chi connectivity index (χ4n) is 2.49. The molecule has 1 saturated heterocycles. The number of nitrogens with zero attached hydrogens (tertiary/aromatic N) is 1. The standard InChI is InChI=1S/C13H21ClN2S/c1-10(11-4-3-7-16(2)9-11)15-8-12-5-6-13(14)17-12/h5-6,10-11,15H,3-4,7-9H2,1-2H3. The third-order valence-corrected chi connectivity index (χ3v) is 4.83. The Morgan fingerprint density at radius 3 is 3.06 bits per heavy atom. The molecule has 0 saturated carbocycles. The summed E-state index contributed by atoms with van der Waals surface area (Å²) in [4.78, 5) is 3.76. The second kappa shape index (κ2) is 6.19. The molecule has 1 aromatic heterocycles. The van der Waals surface area contributed by atoms with Crippen molar-refractivity contribution in [2.45, 2.75) is 32.4 Å². The minimum atomic E-state index is 0.582. The van der Waals surface area contributed by atoms with Gasteiger partial charge in [0.1, 0.15) is 0 Å². The van der Waals surface area contributed by atoms with Gasteiger partial charge >= 0.3 is 0 Å². The summed E-state index contributed by atoms with van der Waals surface area (Å²) in [5.41, 5.74) is 0. The molecule has 0 radical (unpaired) electrons. The van der Waals surface area contributed by atoms with Crippen LogP contribution in [0.4, 0.5) is 0 Å². The molecule has 0 amide bonds. The molecule has 96 valence electrons. The predicted molar refractivity (Wildman–Crippen MR) is 75.9 cm³/mol. The van der Waals surface area contributed by atoms with Crippen molar-refractivity contribution in [3.63, 3.8) is 0 Å². The summed E-state index contributed by atoms with van der Waals surface area (Å²) in [6, 6.07) is 4.67. The van der Waals surface area contributed by atoms with E-state index in [-0.39, 0.29) is 0 Å². The molecule has 2 atom stereocenters. The molecule has 1 aromatic rings. The van der Waals surface area contributed by atoms with E-state index >= 15 is 0 Å². The van der Waals surface area contributed by atoms with Gasteiger partial charge in [0.2, 0.25) is 0 Å². The lowest BCUT2D eigenvalue weighted by Crippen LogP contribution is -2.42. The molecule has 1 N–H and O–H groups in total. The maximum absolute atomic E-state index is 5.93. The zero-order valence-electron chi connectivity index (χ0n) is 10.6. The lowest BCUT2D eigenvalue weighted by Gasteiger charge is -2.33. The van der Waals surface area contributed by atoms with Gasteiger partial charge in [0, 0.05) is 24.0 Å². The molecule has 0 bridgehead atoms. The molecule has 0 aliphatic carbocycles. The summed E-state index contributed by atoms with van der Waals surface area (Å²) in [5.74, 6) is 0.782. The van der Waals surface area contributed by atoms with Crippen LogP contribution in [0.3, 0.4) is 0 Å². The number of nitrogens with one attached hydrogen (secondary N) is 1. The van der Waals surface area contributed by atoms with E-state index in [0.717, 1.165) is 16.8 Å². The zero-order valence-corrected chi connectivity index (χ0v) is 12.2. The molecule has 1 aliphatic rings. The summed E-state index contributed by atoms with van der Waals surface area (Å²) >= 11 is 7.60. The van der Waals surface area contributed by atoms with E-state index in [1.54, 1.807) is 11.3 Å². The third kappa shape index (κ3) is 3.95. The van der Waals surface area contributed by atoms with E-state index in [0.29, 0.717) is 6.04 Å². The quantitative estimate of drug-likeness (QED) is 0.905. The van der Waals surface area contributed by atoms with Gasteiger partial charge in [-0.15, -0.1) is 11.3 Å². The van der Waals surface area contributed by atoms with Crippen LogP contribution in [0.1, 0.15) is 24.6 Å². The highest BCUT2D eigenvalue weighted by Crippen LogP contribution is 2.22. The van der Waals surface area contributed by atoms with Crippen LogP contribution in [0, 0.1) is 5.92 Å². The molecular weight excluding hydrogens is 252 g/mol. The van der Waals surface area contributed by atoms with E-state index in [9.17, 15) is 0 Å². The molecule has 1 aliphatic heterocycles. The SMILES string of the molecule is CC(NCc1ccc(Cl)s1)C1CCCN(C)C1. The molecule has 2 nitrogen and oxygen atoms in total. The van der Waals surface area contributed by atoms with Crippen LogP contribution < -0.4 is 5.32 Å². The number of hydrogen-bond donors (Lipinski definition) is 1. The Labute approximate surface area is 113 Å². The van der Waals surface area contributed by atoms with Crippen LogP contribution in [0.25, 0.3) is 0 Å². The van der Waals surface area contributed by atoms with Gasteiger partial charge < -0.3 is 10.2 Å². The number of rotatable bonds is 4. The number of thiophene rings is 1. The number of halogens is 1. The first kappa shape index (κ1) is 13.3. The Bertz CT molecular complexity index is 353. The van der Waals surface area contributed by atoms with E-state index < -0.39 is 0 Å². The highest BCUT2D eigenvalue weighted by Gasteiger charge is 2.22. The summed E-state index contributed by atoms with van der Waals surface area (Å²) < 4.78 is 0.881. The molecular formula is C13H21ClN2S. The highest BCUT2D eigenvalue weighted by atomic mass is 35.5. The Balaban J connectivity index is 1.78. The molecule has 2 rings (SSSR count). The monoisotopic (exact) mass is 272 g/mol. The first-order valence-electron chi connectivity index (χ1n) is 6.31. The number of likely N-dealkylation sites (tertiary alicyclic amines) is 1. The molecule has 1 fully saturated rings. The fraction of sp³-hybridized carbons (Fsp3) is 0.692. The van der Waals surface area contributed by atoms with E-state index in [1.165, 1.54) is 30.8 Å².